The lowest BCUT2D eigenvalue weighted by molar-refractivity contribution is 0.102. The molecule has 0 saturated heterocycles. The monoisotopic (exact) mass is 345 g/mol. The Labute approximate surface area is 142 Å². The molecule has 0 spiro atoms. The molecular formula is C16H15N3O2S2. The topological polar surface area (TPSA) is 64.1 Å². The van der Waals surface area contributed by atoms with E-state index in [-0.39, 0.29) is 12.0 Å². The van der Waals surface area contributed by atoms with E-state index in [1.165, 1.54) is 11.5 Å². The summed E-state index contributed by atoms with van der Waals surface area (Å²) in [7, 11) is 0. The van der Waals surface area contributed by atoms with Gasteiger partial charge in [0.15, 0.2) is 5.82 Å². The van der Waals surface area contributed by atoms with Crippen molar-refractivity contribution in [2.45, 2.75) is 20.0 Å². The van der Waals surface area contributed by atoms with Crippen molar-refractivity contribution >= 4 is 33.9 Å². The van der Waals surface area contributed by atoms with E-state index >= 15 is 0 Å². The number of hydrogen-bond donors (Lipinski definition) is 1. The maximum Gasteiger partial charge on any atom is 0.257 e. The van der Waals surface area contributed by atoms with Gasteiger partial charge in [-0.25, -0.2) is 0 Å². The number of thiophene rings is 1. The van der Waals surface area contributed by atoms with Crippen LogP contribution in [0.2, 0.25) is 0 Å². The van der Waals surface area contributed by atoms with E-state index in [1.54, 1.807) is 35.6 Å². The zero-order valence-electron chi connectivity index (χ0n) is 12.6. The highest BCUT2D eigenvalue weighted by Crippen LogP contribution is 2.25. The maximum atomic E-state index is 12.2. The number of hydrogen-bond acceptors (Lipinski definition) is 6. The number of rotatable bonds is 5. The number of anilines is 1. The van der Waals surface area contributed by atoms with Crippen molar-refractivity contribution in [3.8, 4) is 16.5 Å². The molecule has 0 aliphatic rings. The molecule has 0 fully saturated rings. The quantitative estimate of drug-likeness (QED) is 0.748. The van der Waals surface area contributed by atoms with Gasteiger partial charge in [-0.1, -0.05) is 6.07 Å². The Bertz CT molecular complexity index is 780. The van der Waals surface area contributed by atoms with Crippen molar-refractivity contribution in [2.24, 2.45) is 0 Å². The fraction of sp³-hybridized carbons (Fsp3) is 0.188. The highest BCUT2D eigenvalue weighted by Gasteiger charge is 2.12. The van der Waals surface area contributed by atoms with Crippen LogP contribution < -0.4 is 10.1 Å². The molecule has 0 aliphatic carbocycles. The third-order valence-corrected chi connectivity index (χ3v) is 4.37. The minimum absolute atomic E-state index is 0.103. The van der Waals surface area contributed by atoms with Gasteiger partial charge < -0.3 is 4.74 Å². The van der Waals surface area contributed by atoms with Crippen LogP contribution in [-0.4, -0.2) is 21.4 Å². The van der Waals surface area contributed by atoms with Crippen LogP contribution >= 0.6 is 22.9 Å². The first kappa shape index (κ1) is 15.6. The van der Waals surface area contributed by atoms with Gasteiger partial charge in [-0.05, 0) is 49.6 Å². The third kappa shape index (κ3) is 3.94. The first-order chi connectivity index (χ1) is 11.1. The Morgan fingerprint density at radius 3 is 2.65 bits per heavy atom. The molecule has 1 aromatic carbocycles. The molecule has 0 saturated carbocycles. The van der Waals surface area contributed by atoms with Gasteiger partial charge in [0.25, 0.3) is 5.91 Å². The number of nitrogens with zero attached hydrogens (tertiary/aromatic N) is 2. The van der Waals surface area contributed by atoms with Crippen LogP contribution in [0.3, 0.4) is 0 Å². The van der Waals surface area contributed by atoms with E-state index in [2.05, 4.69) is 14.7 Å². The van der Waals surface area contributed by atoms with E-state index in [9.17, 15) is 4.79 Å². The molecule has 118 valence electrons. The number of ether oxygens (including phenoxy) is 1. The Morgan fingerprint density at radius 2 is 2.00 bits per heavy atom. The average Bonchev–Trinajstić information content (AvgIpc) is 3.18. The Morgan fingerprint density at radius 1 is 1.22 bits per heavy atom. The molecule has 0 aliphatic heterocycles. The van der Waals surface area contributed by atoms with E-state index in [0.717, 1.165) is 10.6 Å². The zero-order valence-corrected chi connectivity index (χ0v) is 14.3. The summed E-state index contributed by atoms with van der Waals surface area (Å²) in [5.41, 5.74) is 0.550. The van der Waals surface area contributed by atoms with Crippen molar-refractivity contribution in [2.75, 3.05) is 5.32 Å². The lowest BCUT2D eigenvalue weighted by Crippen LogP contribution is -2.12. The maximum absolute atomic E-state index is 12.2. The van der Waals surface area contributed by atoms with E-state index in [0.29, 0.717) is 16.5 Å². The summed E-state index contributed by atoms with van der Waals surface area (Å²) >= 11 is 2.74. The lowest BCUT2D eigenvalue weighted by Gasteiger charge is -2.09. The molecule has 0 bridgehead atoms. The molecule has 23 heavy (non-hydrogen) atoms. The minimum Gasteiger partial charge on any atom is -0.491 e. The number of benzene rings is 1. The number of nitrogens with one attached hydrogen (secondary N) is 1. The SMILES string of the molecule is CC(C)Oc1ccc(C(=O)Nc2nc(-c3cccs3)ns2)cc1. The van der Waals surface area contributed by atoms with Gasteiger partial charge in [0.2, 0.25) is 5.13 Å². The molecule has 1 amide bonds. The number of amides is 1. The largest absolute Gasteiger partial charge is 0.491 e. The van der Waals surface area contributed by atoms with Crippen molar-refractivity contribution in [1.82, 2.24) is 9.36 Å². The van der Waals surface area contributed by atoms with Crippen LogP contribution in [0.1, 0.15) is 24.2 Å². The summed E-state index contributed by atoms with van der Waals surface area (Å²) < 4.78 is 9.82. The van der Waals surface area contributed by atoms with Crippen LogP contribution in [0.5, 0.6) is 5.75 Å². The smallest absolute Gasteiger partial charge is 0.257 e. The molecule has 3 rings (SSSR count). The first-order valence-electron chi connectivity index (χ1n) is 7.07. The molecule has 5 nitrogen and oxygen atoms in total. The van der Waals surface area contributed by atoms with Gasteiger partial charge >= 0.3 is 0 Å². The highest BCUT2D eigenvalue weighted by molar-refractivity contribution is 7.14. The molecular weight excluding hydrogens is 330 g/mol. The van der Waals surface area contributed by atoms with Gasteiger partial charge in [-0.3, -0.25) is 10.1 Å². The Balaban J connectivity index is 1.67. The van der Waals surface area contributed by atoms with Crippen molar-refractivity contribution in [3.63, 3.8) is 0 Å². The third-order valence-electron chi connectivity index (χ3n) is 2.88. The fourth-order valence-electron chi connectivity index (χ4n) is 1.91. The van der Waals surface area contributed by atoms with Crippen LogP contribution in [0.25, 0.3) is 10.7 Å². The summed E-state index contributed by atoms with van der Waals surface area (Å²) in [6, 6.07) is 10.9. The first-order valence-corrected chi connectivity index (χ1v) is 8.73. The van der Waals surface area contributed by atoms with Crippen LogP contribution in [0, 0.1) is 0 Å². The normalized spacial score (nSPS) is 10.7. The van der Waals surface area contributed by atoms with Crippen molar-refractivity contribution in [1.29, 1.82) is 0 Å². The number of aromatic nitrogens is 2. The fourth-order valence-corrected chi connectivity index (χ4v) is 3.20. The lowest BCUT2D eigenvalue weighted by atomic mass is 10.2. The molecule has 0 atom stereocenters. The van der Waals surface area contributed by atoms with Crippen molar-refractivity contribution in [3.05, 3.63) is 47.3 Å². The number of carbonyl (C=O) groups excluding carboxylic acids is 1. The molecule has 7 heteroatoms. The van der Waals surface area contributed by atoms with E-state index in [1.807, 2.05) is 31.4 Å². The second kappa shape index (κ2) is 6.89. The summed E-state index contributed by atoms with van der Waals surface area (Å²) in [6.07, 6.45) is 0.103. The molecule has 0 unspecified atom stereocenters. The van der Waals surface area contributed by atoms with Crippen LogP contribution in [0.4, 0.5) is 5.13 Å². The molecule has 1 N–H and O–H groups in total. The van der Waals surface area contributed by atoms with Gasteiger partial charge in [-0.15, -0.1) is 11.3 Å². The van der Waals surface area contributed by atoms with Crippen LogP contribution in [0.15, 0.2) is 41.8 Å². The summed E-state index contributed by atoms with van der Waals surface area (Å²) in [5, 5.41) is 5.23. The van der Waals surface area contributed by atoms with Crippen LogP contribution in [-0.2, 0) is 0 Å². The number of carbonyl (C=O) groups is 1. The zero-order chi connectivity index (χ0) is 16.2. The van der Waals surface area contributed by atoms with Gasteiger partial charge in [0, 0.05) is 17.1 Å². The van der Waals surface area contributed by atoms with E-state index in [4.69, 9.17) is 4.74 Å². The van der Waals surface area contributed by atoms with E-state index < -0.39 is 0 Å². The average molecular weight is 345 g/mol. The predicted molar refractivity (Wildman–Crippen MR) is 93.4 cm³/mol. The summed E-state index contributed by atoms with van der Waals surface area (Å²) in [5.74, 6) is 1.17. The Hall–Kier alpha value is -2.25. The minimum atomic E-state index is -0.213. The Kier molecular flexibility index (Phi) is 4.68. The highest BCUT2D eigenvalue weighted by atomic mass is 32.1. The summed E-state index contributed by atoms with van der Waals surface area (Å²) in [4.78, 5) is 17.6. The van der Waals surface area contributed by atoms with Gasteiger partial charge in [0.05, 0.1) is 11.0 Å². The van der Waals surface area contributed by atoms with Crippen molar-refractivity contribution < 1.29 is 9.53 Å². The van der Waals surface area contributed by atoms with Gasteiger partial charge in [-0.2, -0.15) is 9.36 Å². The molecule has 0 radical (unpaired) electrons. The molecule has 3 aromatic rings. The second-order valence-electron chi connectivity index (χ2n) is 5.05. The predicted octanol–water partition coefficient (Wildman–Crippen LogP) is 4.31. The summed E-state index contributed by atoms with van der Waals surface area (Å²) in [6.45, 7) is 3.92. The molecule has 2 aromatic heterocycles. The molecule has 2 heterocycles. The standard InChI is InChI=1S/C16H15N3O2S2/c1-10(2)21-12-7-5-11(6-8-12)15(20)18-16-17-14(19-23-16)13-4-3-9-22-13/h3-10H,1-2H3,(H,17,18,19,20). The second-order valence-corrected chi connectivity index (χ2v) is 6.75. The van der Waals surface area contributed by atoms with Gasteiger partial charge in [0.1, 0.15) is 5.75 Å².